The summed E-state index contributed by atoms with van der Waals surface area (Å²) in [6.45, 7) is 0.402. The third kappa shape index (κ3) is 3.25. The first-order valence-corrected chi connectivity index (χ1v) is 5.49. The Morgan fingerprint density at radius 1 is 1.86 bits per heavy atom. The van der Waals surface area contributed by atoms with Crippen LogP contribution in [0.4, 0.5) is 0 Å². The van der Waals surface area contributed by atoms with Gasteiger partial charge >= 0.3 is 0 Å². The monoisotopic (exact) mass is 234 g/mol. The van der Waals surface area contributed by atoms with E-state index in [2.05, 4.69) is 10.3 Å². The fourth-order valence-electron chi connectivity index (χ4n) is 0.910. The van der Waals surface area contributed by atoms with Gasteiger partial charge in [0.1, 0.15) is 5.69 Å². The number of aromatic nitrogens is 1. The Kier molecular flexibility index (Phi) is 4.86. The van der Waals surface area contributed by atoms with Gasteiger partial charge in [0, 0.05) is 18.4 Å². The number of ether oxygens (including phenoxy) is 1. The molecule has 1 aromatic heterocycles. The van der Waals surface area contributed by atoms with Crippen LogP contribution < -0.4 is 5.32 Å². The van der Waals surface area contributed by atoms with Crippen LogP contribution in [-0.2, 0) is 4.74 Å². The zero-order chi connectivity index (χ0) is 10.4. The summed E-state index contributed by atoms with van der Waals surface area (Å²) < 4.78 is 4.90. The van der Waals surface area contributed by atoms with Crippen LogP contribution in [0.1, 0.15) is 10.5 Å². The van der Waals surface area contributed by atoms with Crippen molar-refractivity contribution in [1.29, 1.82) is 0 Å². The van der Waals surface area contributed by atoms with Crippen molar-refractivity contribution in [2.45, 2.75) is 6.04 Å². The summed E-state index contributed by atoms with van der Waals surface area (Å²) in [6, 6.07) is -0.170. The van der Waals surface area contributed by atoms with Gasteiger partial charge in [-0.25, -0.2) is 4.98 Å². The second-order valence-electron chi connectivity index (χ2n) is 2.65. The first kappa shape index (κ1) is 11.4. The summed E-state index contributed by atoms with van der Waals surface area (Å²) in [7, 11) is 1.56. The number of hydrogen-bond acceptors (Lipinski definition) is 4. The van der Waals surface area contributed by atoms with Crippen molar-refractivity contribution < 1.29 is 9.53 Å². The third-order valence-corrected chi connectivity index (χ3v) is 2.51. The van der Waals surface area contributed by atoms with Crippen LogP contribution in [0.2, 0.25) is 0 Å². The standard InChI is InChI=1S/C8H11ClN2O2S/c1-13-3-6(2-9)11-8(12)7-4-14-5-10-7/h4-6H,2-3H2,1H3,(H,11,12). The average molecular weight is 235 g/mol. The van der Waals surface area contributed by atoms with E-state index < -0.39 is 0 Å². The molecular formula is C8H11ClN2O2S. The summed E-state index contributed by atoms with van der Waals surface area (Å²) in [6.07, 6.45) is 0. The molecule has 1 rings (SSSR count). The van der Waals surface area contributed by atoms with Gasteiger partial charge in [-0.1, -0.05) is 0 Å². The highest BCUT2D eigenvalue weighted by Gasteiger charge is 2.13. The minimum absolute atomic E-state index is 0.170. The maximum Gasteiger partial charge on any atom is 0.271 e. The summed E-state index contributed by atoms with van der Waals surface area (Å²) in [5, 5.41) is 4.41. The molecule has 1 amide bonds. The second kappa shape index (κ2) is 5.95. The molecule has 78 valence electrons. The Hall–Kier alpha value is -0.650. The number of methoxy groups -OCH3 is 1. The van der Waals surface area contributed by atoms with E-state index in [1.165, 1.54) is 11.3 Å². The maximum absolute atomic E-state index is 11.5. The minimum atomic E-state index is -0.214. The van der Waals surface area contributed by atoms with E-state index in [1.54, 1.807) is 18.0 Å². The number of rotatable bonds is 5. The highest BCUT2D eigenvalue weighted by Crippen LogP contribution is 2.01. The van der Waals surface area contributed by atoms with Gasteiger partial charge in [0.05, 0.1) is 18.2 Å². The van der Waals surface area contributed by atoms with Gasteiger partial charge < -0.3 is 10.1 Å². The van der Waals surface area contributed by atoms with Crippen molar-refractivity contribution >= 4 is 28.8 Å². The average Bonchev–Trinajstić information content (AvgIpc) is 2.69. The van der Waals surface area contributed by atoms with E-state index in [0.717, 1.165) is 0 Å². The molecule has 1 N–H and O–H groups in total. The van der Waals surface area contributed by atoms with E-state index in [4.69, 9.17) is 16.3 Å². The topological polar surface area (TPSA) is 51.2 Å². The fourth-order valence-corrected chi connectivity index (χ4v) is 1.61. The van der Waals surface area contributed by atoms with Crippen molar-refractivity contribution in [2.24, 2.45) is 0 Å². The van der Waals surface area contributed by atoms with Crippen LogP contribution in [0.3, 0.4) is 0 Å². The summed E-state index contributed by atoms with van der Waals surface area (Å²) in [5.74, 6) is 0.109. The third-order valence-electron chi connectivity index (χ3n) is 1.55. The lowest BCUT2D eigenvalue weighted by molar-refractivity contribution is 0.0902. The number of halogens is 1. The highest BCUT2D eigenvalue weighted by atomic mass is 35.5. The fraction of sp³-hybridized carbons (Fsp3) is 0.500. The first-order valence-electron chi connectivity index (χ1n) is 4.02. The van der Waals surface area contributed by atoms with Gasteiger partial charge in [-0.15, -0.1) is 22.9 Å². The maximum atomic E-state index is 11.5. The molecule has 14 heavy (non-hydrogen) atoms. The van der Waals surface area contributed by atoms with Crippen molar-refractivity contribution in [3.8, 4) is 0 Å². The lowest BCUT2D eigenvalue weighted by atomic mass is 10.3. The molecule has 1 atom stereocenters. The van der Waals surface area contributed by atoms with E-state index in [1.807, 2.05) is 0 Å². The molecule has 0 aliphatic heterocycles. The molecule has 0 saturated heterocycles. The van der Waals surface area contributed by atoms with Crippen LogP contribution >= 0.6 is 22.9 Å². The van der Waals surface area contributed by atoms with E-state index >= 15 is 0 Å². The summed E-state index contributed by atoms with van der Waals surface area (Å²) in [5.41, 5.74) is 2.03. The predicted octanol–water partition coefficient (Wildman–Crippen LogP) is 1.13. The number of carbonyl (C=O) groups excluding carboxylic acids is 1. The molecule has 4 nitrogen and oxygen atoms in total. The van der Waals surface area contributed by atoms with Crippen LogP contribution in [-0.4, -0.2) is 36.5 Å². The largest absolute Gasteiger partial charge is 0.383 e. The first-order chi connectivity index (χ1) is 6.77. The number of hydrogen-bond donors (Lipinski definition) is 1. The van der Waals surface area contributed by atoms with Gasteiger partial charge in [-0.05, 0) is 0 Å². The number of nitrogens with one attached hydrogen (secondary N) is 1. The molecular weight excluding hydrogens is 224 g/mol. The zero-order valence-electron chi connectivity index (χ0n) is 7.70. The number of thiazole rings is 1. The normalized spacial score (nSPS) is 12.4. The van der Waals surface area contributed by atoms with Gasteiger partial charge in [-0.3, -0.25) is 4.79 Å². The molecule has 0 fully saturated rings. The SMILES string of the molecule is COCC(CCl)NC(=O)c1cscn1. The molecule has 1 aromatic rings. The lowest BCUT2D eigenvalue weighted by Crippen LogP contribution is -2.39. The van der Waals surface area contributed by atoms with Crippen LogP contribution in [0, 0.1) is 0 Å². The minimum Gasteiger partial charge on any atom is -0.383 e. The van der Waals surface area contributed by atoms with Crippen molar-refractivity contribution in [3.05, 3.63) is 16.6 Å². The van der Waals surface area contributed by atoms with Crippen LogP contribution in [0.25, 0.3) is 0 Å². The zero-order valence-corrected chi connectivity index (χ0v) is 9.27. The smallest absolute Gasteiger partial charge is 0.271 e. The molecule has 1 unspecified atom stereocenters. The van der Waals surface area contributed by atoms with E-state index in [0.29, 0.717) is 18.2 Å². The molecule has 0 aromatic carbocycles. The van der Waals surface area contributed by atoms with Crippen molar-refractivity contribution in [1.82, 2.24) is 10.3 Å². The van der Waals surface area contributed by atoms with Gasteiger partial charge in [0.25, 0.3) is 5.91 Å². The van der Waals surface area contributed by atoms with Gasteiger partial charge in [0.15, 0.2) is 0 Å². The van der Waals surface area contributed by atoms with Crippen LogP contribution in [0.5, 0.6) is 0 Å². The van der Waals surface area contributed by atoms with Gasteiger partial charge in [-0.2, -0.15) is 0 Å². The molecule has 1 heterocycles. The molecule has 0 bridgehead atoms. The predicted molar refractivity (Wildman–Crippen MR) is 56.0 cm³/mol. The lowest BCUT2D eigenvalue weighted by Gasteiger charge is -2.13. The molecule has 0 aliphatic rings. The summed E-state index contributed by atoms with van der Waals surface area (Å²) in [4.78, 5) is 15.4. The Morgan fingerprint density at radius 3 is 3.14 bits per heavy atom. The number of carbonyl (C=O) groups is 1. The molecule has 6 heteroatoms. The molecule has 0 radical (unpaired) electrons. The Balaban J connectivity index is 2.47. The Bertz CT molecular complexity index is 279. The highest BCUT2D eigenvalue weighted by molar-refractivity contribution is 7.07. The number of amides is 1. The number of alkyl halides is 1. The molecule has 0 aliphatic carbocycles. The van der Waals surface area contributed by atoms with Crippen molar-refractivity contribution in [3.63, 3.8) is 0 Å². The van der Waals surface area contributed by atoms with Crippen LogP contribution in [0.15, 0.2) is 10.9 Å². The molecule has 0 saturated carbocycles. The van der Waals surface area contributed by atoms with E-state index in [-0.39, 0.29) is 11.9 Å². The quantitative estimate of drug-likeness (QED) is 0.777. The summed E-state index contributed by atoms with van der Waals surface area (Å²) >= 11 is 7.02. The second-order valence-corrected chi connectivity index (χ2v) is 3.68. The Labute approximate surface area is 91.2 Å². The Morgan fingerprint density at radius 2 is 2.64 bits per heavy atom. The molecule has 0 spiro atoms. The van der Waals surface area contributed by atoms with Gasteiger partial charge in [0.2, 0.25) is 0 Å². The van der Waals surface area contributed by atoms with E-state index in [9.17, 15) is 4.79 Å². The van der Waals surface area contributed by atoms with Crippen molar-refractivity contribution in [2.75, 3.05) is 19.6 Å². The number of nitrogens with zero attached hydrogens (tertiary/aromatic N) is 1.